The summed E-state index contributed by atoms with van der Waals surface area (Å²) >= 11 is 0. The molecular weight excluding hydrogens is 190 g/mol. The minimum atomic E-state index is -3.40. The Balaban J connectivity index is 2.82. The zero-order valence-corrected chi connectivity index (χ0v) is 7.67. The Hall–Kier alpha value is -1.43. The average molecular weight is 197 g/mol. The van der Waals surface area contributed by atoms with E-state index in [1.54, 1.807) is 13.0 Å². The molecular formula is C7H7N3O2S. The van der Waals surface area contributed by atoms with Gasteiger partial charge in [0, 0.05) is 11.8 Å². The Labute approximate surface area is 75.5 Å². The number of aromatic nitrogens is 2. The minimum absolute atomic E-state index is 0.183. The van der Waals surface area contributed by atoms with Crippen LogP contribution in [-0.4, -0.2) is 18.6 Å². The third kappa shape index (κ3) is 1.19. The fraction of sp³-hybridized carbons (Fsp3) is 0.143. The summed E-state index contributed by atoms with van der Waals surface area (Å²) in [6.07, 6.45) is 4.29. The summed E-state index contributed by atoms with van der Waals surface area (Å²) in [5.74, 6) is 0. The van der Waals surface area contributed by atoms with E-state index >= 15 is 0 Å². The topological polar surface area (TPSA) is 72.0 Å². The largest absolute Gasteiger partial charge is 0.286 e. The average Bonchev–Trinajstić information content (AvgIpc) is 2.06. The van der Waals surface area contributed by atoms with Gasteiger partial charge in [0.2, 0.25) is 0 Å². The first-order valence-corrected chi connectivity index (χ1v) is 5.11. The number of nitrogens with zero attached hydrogens (tertiary/aromatic N) is 2. The van der Waals surface area contributed by atoms with Crippen LogP contribution in [0.3, 0.4) is 0 Å². The van der Waals surface area contributed by atoms with Crippen molar-refractivity contribution in [2.24, 2.45) is 0 Å². The van der Waals surface area contributed by atoms with Crippen molar-refractivity contribution in [2.45, 2.75) is 11.8 Å². The number of nitrogens with one attached hydrogen (secondary N) is 1. The van der Waals surface area contributed by atoms with Gasteiger partial charge in [0.05, 0.1) is 11.9 Å². The lowest BCUT2D eigenvalue weighted by Gasteiger charge is -2.12. The molecule has 1 N–H and O–H groups in total. The molecule has 2 heterocycles. The Bertz CT molecular complexity index is 479. The summed E-state index contributed by atoms with van der Waals surface area (Å²) in [5.41, 5.74) is 1.22. The molecule has 0 unspecified atom stereocenters. The Morgan fingerprint density at radius 3 is 2.92 bits per heavy atom. The summed E-state index contributed by atoms with van der Waals surface area (Å²) in [5, 5.41) is 7.35. The normalized spacial score (nSPS) is 17.6. The van der Waals surface area contributed by atoms with Gasteiger partial charge >= 0.3 is 0 Å². The molecule has 0 radical (unpaired) electrons. The van der Waals surface area contributed by atoms with Gasteiger partial charge in [-0.1, -0.05) is 0 Å². The van der Waals surface area contributed by atoms with E-state index in [9.17, 15) is 8.42 Å². The molecule has 1 aromatic rings. The molecule has 6 heteroatoms. The Morgan fingerprint density at radius 1 is 1.46 bits per heavy atom. The Morgan fingerprint density at radius 2 is 2.23 bits per heavy atom. The van der Waals surface area contributed by atoms with Gasteiger partial charge in [-0.25, -0.2) is 8.42 Å². The maximum absolute atomic E-state index is 11.4. The lowest BCUT2D eigenvalue weighted by Crippen LogP contribution is -2.22. The molecule has 1 aromatic heterocycles. The standard InChI is InChI=1S/C7H7N3O2S/c1-5-6-2-3-9-13(11,12)7(6)4-8-10-5/h2-4,9H,1H3. The van der Waals surface area contributed by atoms with E-state index < -0.39 is 10.0 Å². The van der Waals surface area contributed by atoms with Crippen molar-refractivity contribution in [1.29, 1.82) is 0 Å². The van der Waals surface area contributed by atoms with Crippen LogP contribution in [0.4, 0.5) is 0 Å². The highest BCUT2D eigenvalue weighted by atomic mass is 32.2. The van der Waals surface area contributed by atoms with Crippen molar-refractivity contribution in [3.63, 3.8) is 0 Å². The highest BCUT2D eigenvalue weighted by molar-refractivity contribution is 7.89. The van der Waals surface area contributed by atoms with Crippen LogP contribution in [0.1, 0.15) is 11.3 Å². The smallest absolute Gasteiger partial charge is 0.263 e. The fourth-order valence-electron chi connectivity index (χ4n) is 1.16. The van der Waals surface area contributed by atoms with Crippen LogP contribution in [0.5, 0.6) is 0 Å². The first-order valence-electron chi connectivity index (χ1n) is 3.62. The van der Waals surface area contributed by atoms with E-state index in [0.717, 1.165) is 0 Å². The third-order valence-electron chi connectivity index (χ3n) is 1.80. The number of fused-ring (bicyclic) bond motifs is 1. The van der Waals surface area contributed by atoms with Crippen LogP contribution >= 0.6 is 0 Å². The number of hydrogen-bond donors (Lipinski definition) is 1. The van der Waals surface area contributed by atoms with Gasteiger partial charge in [-0.05, 0) is 13.0 Å². The van der Waals surface area contributed by atoms with E-state index in [1.807, 2.05) is 0 Å². The molecule has 0 saturated heterocycles. The highest BCUT2D eigenvalue weighted by Crippen LogP contribution is 2.20. The van der Waals surface area contributed by atoms with Gasteiger partial charge < -0.3 is 0 Å². The molecule has 0 atom stereocenters. The zero-order valence-electron chi connectivity index (χ0n) is 6.85. The minimum Gasteiger partial charge on any atom is -0.286 e. The van der Waals surface area contributed by atoms with Crippen LogP contribution in [-0.2, 0) is 10.0 Å². The van der Waals surface area contributed by atoms with E-state index in [2.05, 4.69) is 14.9 Å². The number of rotatable bonds is 0. The first-order chi connectivity index (χ1) is 6.11. The molecule has 0 amide bonds. The maximum atomic E-state index is 11.4. The van der Waals surface area contributed by atoms with Crippen LogP contribution < -0.4 is 4.72 Å². The second-order valence-electron chi connectivity index (χ2n) is 2.66. The van der Waals surface area contributed by atoms with Gasteiger partial charge in [0.25, 0.3) is 10.0 Å². The van der Waals surface area contributed by atoms with E-state index in [1.165, 1.54) is 12.4 Å². The molecule has 1 aliphatic rings. The van der Waals surface area contributed by atoms with Crippen LogP contribution in [0, 0.1) is 6.92 Å². The molecule has 0 spiro atoms. The van der Waals surface area contributed by atoms with Crippen LogP contribution in [0.25, 0.3) is 6.08 Å². The molecule has 2 rings (SSSR count). The van der Waals surface area contributed by atoms with Gasteiger partial charge in [0.1, 0.15) is 4.90 Å². The van der Waals surface area contributed by atoms with E-state index in [4.69, 9.17) is 0 Å². The van der Waals surface area contributed by atoms with Crippen molar-refractivity contribution >= 4 is 16.1 Å². The predicted molar refractivity (Wildman–Crippen MR) is 46.1 cm³/mol. The lowest BCUT2D eigenvalue weighted by atomic mass is 10.2. The van der Waals surface area contributed by atoms with Gasteiger partial charge in [-0.15, -0.1) is 0 Å². The van der Waals surface area contributed by atoms with Crippen molar-refractivity contribution in [3.8, 4) is 0 Å². The first kappa shape index (κ1) is 8.18. The van der Waals surface area contributed by atoms with Crippen LogP contribution in [0.2, 0.25) is 0 Å². The zero-order chi connectivity index (χ0) is 9.47. The SMILES string of the molecule is Cc1nncc2c1C=CNS2(=O)=O. The predicted octanol–water partition coefficient (Wildman–Crippen LogP) is 0.0476. The quantitative estimate of drug-likeness (QED) is 0.637. The lowest BCUT2D eigenvalue weighted by molar-refractivity contribution is 0.588. The summed E-state index contributed by atoms with van der Waals surface area (Å²) in [6, 6.07) is 0. The highest BCUT2D eigenvalue weighted by Gasteiger charge is 2.21. The van der Waals surface area contributed by atoms with Gasteiger partial charge in [0.15, 0.2) is 0 Å². The van der Waals surface area contributed by atoms with Gasteiger partial charge in [-0.2, -0.15) is 10.2 Å². The molecule has 68 valence electrons. The molecule has 0 aromatic carbocycles. The van der Waals surface area contributed by atoms with Crippen molar-refractivity contribution in [1.82, 2.24) is 14.9 Å². The maximum Gasteiger partial charge on any atom is 0.263 e. The van der Waals surface area contributed by atoms with Gasteiger partial charge in [-0.3, -0.25) is 4.72 Å². The fourth-order valence-corrected chi connectivity index (χ4v) is 2.22. The number of aryl methyl sites for hydroxylation is 1. The molecule has 0 saturated carbocycles. The Kier molecular flexibility index (Phi) is 1.59. The molecule has 13 heavy (non-hydrogen) atoms. The number of hydrogen-bond acceptors (Lipinski definition) is 4. The second-order valence-corrected chi connectivity index (χ2v) is 4.34. The number of sulfonamides is 1. The molecule has 5 nitrogen and oxygen atoms in total. The summed E-state index contributed by atoms with van der Waals surface area (Å²) in [6.45, 7) is 1.72. The van der Waals surface area contributed by atoms with Crippen LogP contribution in [0.15, 0.2) is 17.3 Å². The second kappa shape index (κ2) is 2.53. The van der Waals surface area contributed by atoms with E-state index in [0.29, 0.717) is 11.3 Å². The summed E-state index contributed by atoms with van der Waals surface area (Å²) in [4.78, 5) is 0.183. The molecule has 1 aliphatic heterocycles. The summed E-state index contributed by atoms with van der Waals surface area (Å²) in [7, 11) is -3.40. The summed E-state index contributed by atoms with van der Waals surface area (Å²) < 4.78 is 25.1. The molecule has 0 bridgehead atoms. The van der Waals surface area contributed by atoms with Crippen molar-refractivity contribution in [2.75, 3.05) is 0 Å². The monoisotopic (exact) mass is 197 g/mol. The third-order valence-corrected chi connectivity index (χ3v) is 3.15. The van der Waals surface area contributed by atoms with E-state index in [-0.39, 0.29) is 4.90 Å². The molecule has 0 aliphatic carbocycles. The molecule has 0 fully saturated rings. The van der Waals surface area contributed by atoms with Crippen molar-refractivity contribution < 1.29 is 8.42 Å². The van der Waals surface area contributed by atoms with Crippen molar-refractivity contribution in [3.05, 3.63) is 23.7 Å².